The van der Waals surface area contributed by atoms with Crippen LogP contribution in [0, 0.1) is 0 Å². The normalized spacial score (nSPS) is 16.9. The monoisotopic (exact) mass is 277 g/mol. The smallest absolute Gasteiger partial charge is 0.253 e. The summed E-state index contributed by atoms with van der Waals surface area (Å²) in [5, 5.41) is 11.6. The largest absolute Gasteiger partial charge is 0.409 e. The fourth-order valence-electron chi connectivity index (χ4n) is 2.31. The molecule has 0 radical (unpaired) electrons. The Labute approximate surface area is 117 Å². The van der Waals surface area contributed by atoms with E-state index in [1.54, 1.807) is 36.2 Å². The van der Waals surface area contributed by atoms with Gasteiger partial charge in [0.2, 0.25) is 0 Å². The van der Waals surface area contributed by atoms with Gasteiger partial charge >= 0.3 is 0 Å². The molecule has 0 bridgehead atoms. The maximum absolute atomic E-state index is 12.4. The van der Waals surface area contributed by atoms with Crippen LogP contribution in [0.2, 0.25) is 0 Å². The number of rotatable bonds is 3. The highest BCUT2D eigenvalue weighted by atomic mass is 16.5. The number of oxime groups is 1. The Bertz CT molecular complexity index is 510. The van der Waals surface area contributed by atoms with Gasteiger partial charge in [0, 0.05) is 37.4 Å². The van der Waals surface area contributed by atoms with Gasteiger partial charge in [0.1, 0.15) is 0 Å². The first kappa shape index (κ1) is 14.3. The van der Waals surface area contributed by atoms with Crippen molar-refractivity contribution in [1.29, 1.82) is 0 Å². The molecule has 1 heterocycles. The predicted octanol–water partition coefficient (Wildman–Crippen LogP) is 1.03. The van der Waals surface area contributed by atoms with Crippen molar-refractivity contribution >= 4 is 11.7 Å². The molecular formula is C14H19N3O3. The van der Waals surface area contributed by atoms with Crippen LogP contribution >= 0.6 is 0 Å². The average Bonchev–Trinajstić information content (AvgIpc) is 2.53. The number of amides is 1. The van der Waals surface area contributed by atoms with Crippen molar-refractivity contribution in [1.82, 2.24) is 4.90 Å². The molecule has 1 aliphatic heterocycles. The van der Waals surface area contributed by atoms with E-state index < -0.39 is 0 Å². The van der Waals surface area contributed by atoms with Crippen LogP contribution in [0.3, 0.4) is 0 Å². The molecule has 1 aromatic carbocycles. The number of nitrogens with two attached hydrogens (primary N) is 1. The summed E-state index contributed by atoms with van der Waals surface area (Å²) < 4.78 is 5.30. The van der Waals surface area contributed by atoms with Gasteiger partial charge < -0.3 is 20.6 Å². The third kappa shape index (κ3) is 3.08. The van der Waals surface area contributed by atoms with Crippen LogP contribution in [0.5, 0.6) is 0 Å². The Morgan fingerprint density at radius 2 is 2.05 bits per heavy atom. The average molecular weight is 277 g/mol. The fraction of sp³-hybridized carbons (Fsp3) is 0.429. The van der Waals surface area contributed by atoms with E-state index in [1.807, 2.05) is 0 Å². The Balaban J connectivity index is 2.15. The lowest BCUT2D eigenvalue weighted by atomic mass is 10.0. The third-order valence-electron chi connectivity index (χ3n) is 3.57. The minimum Gasteiger partial charge on any atom is -0.409 e. The number of carbonyl (C=O) groups is 1. The van der Waals surface area contributed by atoms with Crippen molar-refractivity contribution < 1.29 is 14.7 Å². The first-order chi connectivity index (χ1) is 9.63. The number of hydrogen-bond donors (Lipinski definition) is 2. The summed E-state index contributed by atoms with van der Waals surface area (Å²) in [4.78, 5) is 14.2. The van der Waals surface area contributed by atoms with E-state index in [-0.39, 0.29) is 17.8 Å². The van der Waals surface area contributed by atoms with Crippen molar-refractivity contribution in [2.45, 2.75) is 18.9 Å². The standard InChI is InChI=1S/C14H19N3O3/c1-17(12-5-7-20-8-6-12)14(18)11-4-2-3-10(9-11)13(15)16-19/h2-4,9,12,19H,5-8H2,1H3,(H2,15,16). The van der Waals surface area contributed by atoms with E-state index in [1.165, 1.54) is 0 Å². The molecule has 1 saturated heterocycles. The summed E-state index contributed by atoms with van der Waals surface area (Å²) >= 11 is 0. The zero-order valence-electron chi connectivity index (χ0n) is 11.5. The molecule has 1 amide bonds. The Hall–Kier alpha value is -2.08. The third-order valence-corrected chi connectivity index (χ3v) is 3.57. The van der Waals surface area contributed by atoms with Crippen molar-refractivity contribution in [2.24, 2.45) is 10.9 Å². The van der Waals surface area contributed by atoms with Gasteiger partial charge in [-0.1, -0.05) is 17.3 Å². The lowest BCUT2D eigenvalue weighted by Crippen LogP contribution is -2.40. The highest BCUT2D eigenvalue weighted by Gasteiger charge is 2.23. The summed E-state index contributed by atoms with van der Waals surface area (Å²) in [5.41, 5.74) is 6.60. The molecule has 0 aliphatic carbocycles. The van der Waals surface area contributed by atoms with Gasteiger partial charge in [0.15, 0.2) is 5.84 Å². The molecule has 1 aromatic rings. The summed E-state index contributed by atoms with van der Waals surface area (Å²) in [7, 11) is 1.80. The van der Waals surface area contributed by atoms with Crippen LogP contribution < -0.4 is 5.73 Å². The van der Waals surface area contributed by atoms with E-state index in [4.69, 9.17) is 15.7 Å². The predicted molar refractivity (Wildman–Crippen MR) is 74.9 cm³/mol. The fourth-order valence-corrected chi connectivity index (χ4v) is 2.31. The van der Waals surface area contributed by atoms with Crippen molar-refractivity contribution in [3.05, 3.63) is 35.4 Å². The van der Waals surface area contributed by atoms with Gasteiger partial charge in [0.25, 0.3) is 5.91 Å². The quantitative estimate of drug-likeness (QED) is 0.374. The molecule has 2 rings (SSSR count). The molecule has 6 heteroatoms. The van der Waals surface area contributed by atoms with Gasteiger partial charge in [-0.05, 0) is 25.0 Å². The minimum atomic E-state index is -0.0653. The maximum atomic E-state index is 12.4. The first-order valence-electron chi connectivity index (χ1n) is 6.56. The van der Waals surface area contributed by atoms with Crippen molar-refractivity contribution in [2.75, 3.05) is 20.3 Å². The topological polar surface area (TPSA) is 88.2 Å². The molecule has 0 aromatic heterocycles. The van der Waals surface area contributed by atoms with Crippen LogP contribution in [0.1, 0.15) is 28.8 Å². The van der Waals surface area contributed by atoms with E-state index in [0.717, 1.165) is 12.8 Å². The van der Waals surface area contributed by atoms with E-state index in [9.17, 15) is 4.79 Å². The van der Waals surface area contributed by atoms with Crippen LogP contribution in [0.15, 0.2) is 29.4 Å². The molecule has 0 atom stereocenters. The molecule has 108 valence electrons. The van der Waals surface area contributed by atoms with Crippen LogP contribution in [0.25, 0.3) is 0 Å². The summed E-state index contributed by atoms with van der Waals surface area (Å²) in [5.74, 6) is -0.0714. The van der Waals surface area contributed by atoms with Gasteiger partial charge in [0.05, 0.1) is 0 Å². The number of ether oxygens (including phenoxy) is 1. The van der Waals surface area contributed by atoms with Crippen LogP contribution in [-0.2, 0) is 4.74 Å². The highest BCUT2D eigenvalue weighted by molar-refractivity contribution is 6.01. The van der Waals surface area contributed by atoms with Crippen molar-refractivity contribution in [3.8, 4) is 0 Å². The van der Waals surface area contributed by atoms with Gasteiger partial charge in [-0.15, -0.1) is 0 Å². The van der Waals surface area contributed by atoms with E-state index >= 15 is 0 Å². The molecule has 1 fully saturated rings. The van der Waals surface area contributed by atoms with Gasteiger partial charge in [-0.25, -0.2) is 0 Å². The number of hydrogen-bond acceptors (Lipinski definition) is 4. The Kier molecular flexibility index (Phi) is 4.57. The lowest BCUT2D eigenvalue weighted by Gasteiger charge is -2.31. The van der Waals surface area contributed by atoms with Crippen molar-refractivity contribution in [3.63, 3.8) is 0 Å². The molecule has 1 aliphatic rings. The lowest BCUT2D eigenvalue weighted by molar-refractivity contribution is 0.0362. The van der Waals surface area contributed by atoms with Crippen LogP contribution in [0.4, 0.5) is 0 Å². The molecule has 20 heavy (non-hydrogen) atoms. The van der Waals surface area contributed by atoms with Gasteiger partial charge in [-0.2, -0.15) is 0 Å². The molecule has 0 saturated carbocycles. The number of amidine groups is 1. The molecular weight excluding hydrogens is 258 g/mol. The van der Waals surface area contributed by atoms with Gasteiger partial charge in [-0.3, -0.25) is 4.79 Å². The SMILES string of the molecule is CN(C(=O)c1cccc(/C(N)=N/O)c1)C1CCOCC1. The molecule has 0 spiro atoms. The summed E-state index contributed by atoms with van der Waals surface area (Å²) in [6.45, 7) is 1.37. The molecule has 6 nitrogen and oxygen atoms in total. The molecule has 0 unspecified atom stereocenters. The second-order valence-electron chi connectivity index (χ2n) is 4.83. The molecule has 3 N–H and O–H groups in total. The second kappa shape index (κ2) is 6.38. The number of benzene rings is 1. The zero-order chi connectivity index (χ0) is 14.5. The van der Waals surface area contributed by atoms with Crippen LogP contribution in [-0.4, -0.2) is 48.2 Å². The minimum absolute atomic E-state index is 0.00614. The maximum Gasteiger partial charge on any atom is 0.253 e. The zero-order valence-corrected chi connectivity index (χ0v) is 11.5. The Morgan fingerprint density at radius 3 is 2.70 bits per heavy atom. The summed E-state index contributed by atoms with van der Waals surface area (Å²) in [6, 6.07) is 6.97. The first-order valence-corrected chi connectivity index (χ1v) is 6.56. The summed E-state index contributed by atoms with van der Waals surface area (Å²) in [6.07, 6.45) is 1.70. The van der Waals surface area contributed by atoms with E-state index in [2.05, 4.69) is 5.16 Å². The highest BCUT2D eigenvalue weighted by Crippen LogP contribution is 2.16. The second-order valence-corrected chi connectivity index (χ2v) is 4.83. The number of nitrogens with zero attached hydrogens (tertiary/aromatic N) is 2. The Morgan fingerprint density at radius 1 is 1.40 bits per heavy atom. The number of carbonyl (C=O) groups excluding carboxylic acids is 1. The van der Waals surface area contributed by atoms with E-state index in [0.29, 0.717) is 24.3 Å².